The zero-order valence-electron chi connectivity index (χ0n) is 16.3. The molecular weight excluding hydrogens is 368 g/mol. The standard InChI is InChI=1S/C21H29F2NO2S/c1-21(22,23)14-10-17(26-2)19(18(11-14)27-3)20(25)24-16-12-15(16)13-8-6-4-5-7-9-13/h10-11,13,15-16H,4-9,12H2,1-3H3,(H,24,25). The highest BCUT2D eigenvalue weighted by Gasteiger charge is 2.44. The van der Waals surface area contributed by atoms with Crippen LogP contribution in [-0.4, -0.2) is 25.3 Å². The van der Waals surface area contributed by atoms with E-state index in [2.05, 4.69) is 5.32 Å². The Balaban J connectivity index is 1.74. The van der Waals surface area contributed by atoms with Crippen LogP contribution in [0.2, 0.25) is 0 Å². The zero-order chi connectivity index (χ0) is 19.6. The Morgan fingerprint density at radius 1 is 1.22 bits per heavy atom. The van der Waals surface area contributed by atoms with Gasteiger partial charge in [0, 0.05) is 23.4 Å². The lowest BCUT2D eigenvalue weighted by molar-refractivity contribution is 0.0169. The molecule has 150 valence electrons. The lowest BCUT2D eigenvalue weighted by atomic mass is 9.94. The molecule has 2 aliphatic carbocycles. The van der Waals surface area contributed by atoms with Crippen molar-refractivity contribution in [3.63, 3.8) is 0 Å². The molecule has 2 atom stereocenters. The molecule has 2 fully saturated rings. The number of methoxy groups -OCH3 is 1. The van der Waals surface area contributed by atoms with E-state index in [0.717, 1.165) is 13.3 Å². The quantitative estimate of drug-likeness (QED) is 0.500. The molecule has 0 bridgehead atoms. The molecule has 1 N–H and O–H groups in total. The Bertz CT molecular complexity index is 656. The Hall–Kier alpha value is -1.30. The molecule has 0 spiro atoms. The number of hydrogen-bond acceptors (Lipinski definition) is 3. The van der Waals surface area contributed by atoms with Crippen LogP contribution in [0.3, 0.4) is 0 Å². The van der Waals surface area contributed by atoms with E-state index in [1.54, 1.807) is 6.26 Å². The third-order valence-corrected chi connectivity index (χ3v) is 6.66. The summed E-state index contributed by atoms with van der Waals surface area (Å²) in [5.74, 6) is -1.71. The Kier molecular flexibility index (Phi) is 6.34. The second-order valence-electron chi connectivity index (χ2n) is 7.88. The highest BCUT2D eigenvalue weighted by atomic mass is 32.2. The van der Waals surface area contributed by atoms with E-state index in [4.69, 9.17) is 4.74 Å². The maximum Gasteiger partial charge on any atom is 0.270 e. The van der Waals surface area contributed by atoms with Crippen LogP contribution in [-0.2, 0) is 5.92 Å². The summed E-state index contributed by atoms with van der Waals surface area (Å²) in [6.07, 6.45) is 10.6. The van der Waals surface area contributed by atoms with Crippen molar-refractivity contribution >= 4 is 17.7 Å². The molecule has 2 saturated carbocycles. The summed E-state index contributed by atoms with van der Waals surface area (Å²) in [6.45, 7) is 0.854. The SMILES string of the molecule is COc1cc(C(C)(F)F)cc(SC)c1C(=O)NC1CC1C1CCCCCC1. The molecule has 6 heteroatoms. The van der Waals surface area contributed by atoms with Crippen molar-refractivity contribution in [3.05, 3.63) is 23.3 Å². The van der Waals surface area contributed by atoms with Gasteiger partial charge in [-0.05, 0) is 36.6 Å². The predicted molar refractivity (Wildman–Crippen MR) is 105 cm³/mol. The summed E-state index contributed by atoms with van der Waals surface area (Å²) in [6, 6.07) is 2.88. The first kappa shape index (κ1) is 20.4. The minimum absolute atomic E-state index is 0.136. The van der Waals surface area contributed by atoms with Gasteiger partial charge in [-0.2, -0.15) is 0 Å². The molecule has 0 aliphatic heterocycles. The highest BCUT2D eigenvalue weighted by Crippen LogP contribution is 2.44. The number of rotatable bonds is 6. The van der Waals surface area contributed by atoms with E-state index < -0.39 is 5.92 Å². The number of benzene rings is 1. The van der Waals surface area contributed by atoms with Gasteiger partial charge < -0.3 is 10.1 Å². The minimum Gasteiger partial charge on any atom is -0.496 e. The van der Waals surface area contributed by atoms with E-state index >= 15 is 0 Å². The number of amides is 1. The first-order valence-electron chi connectivity index (χ1n) is 9.80. The zero-order valence-corrected chi connectivity index (χ0v) is 17.1. The molecule has 0 aromatic heterocycles. The van der Waals surface area contributed by atoms with Crippen molar-refractivity contribution in [3.8, 4) is 5.75 Å². The van der Waals surface area contributed by atoms with Crippen LogP contribution in [0.15, 0.2) is 17.0 Å². The third-order valence-electron chi connectivity index (χ3n) is 5.90. The first-order valence-corrected chi connectivity index (χ1v) is 11.0. The number of hydrogen-bond donors (Lipinski definition) is 1. The molecule has 1 aromatic carbocycles. The number of nitrogens with one attached hydrogen (secondary N) is 1. The van der Waals surface area contributed by atoms with E-state index in [0.29, 0.717) is 22.3 Å². The van der Waals surface area contributed by atoms with E-state index in [1.165, 1.54) is 69.5 Å². The molecule has 27 heavy (non-hydrogen) atoms. The fourth-order valence-corrected chi connectivity index (χ4v) is 4.91. The van der Waals surface area contributed by atoms with Crippen LogP contribution in [0.4, 0.5) is 8.78 Å². The van der Waals surface area contributed by atoms with Crippen LogP contribution in [0.5, 0.6) is 5.75 Å². The maximum atomic E-state index is 13.8. The van der Waals surface area contributed by atoms with Crippen LogP contribution in [0.25, 0.3) is 0 Å². The maximum absolute atomic E-state index is 13.8. The Labute approximate surface area is 164 Å². The summed E-state index contributed by atoms with van der Waals surface area (Å²) in [5, 5.41) is 3.13. The monoisotopic (exact) mass is 397 g/mol. The van der Waals surface area contributed by atoms with Gasteiger partial charge >= 0.3 is 0 Å². The predicted octanol–water partition coefficient (Wildman–Crippen LogP) is 5.62. The van der Waals surface area contributed by atoms with Gasteiger partial charge in [-0.25, -0.2) is 8.78 Å². The van der Waals surface area contributed by atoms with Gasteiger partial charge in [0.1, 0.15) is 5.75 Å². The second-order valence-corrected chi connectivity index (χ2v) is 8.72. The molecule has 0 saturated heterocycles. The van der Waals surface area contributed by atoms with Crippen LogP contribution in [0, 0.1) is 11.8 Å². The van der Waals surface area contributed by atoms with Gasteiger partial charge in [-0.1, -0.05) is 38.5 Å². The Morgan fingerprint density at radius 3 is 2.44 bits per heavy atom. The van der Waals surface area contributed by atoms with E-state index in [1.807, 2.05) is 0 Å². The van der Waals surface area contributed by atoms with Crippen molar-refractivity contribution in [2.24, 2.45) is 11.8 Å². The lowest BCUT2D eigenvalue weighted by Crippen LogP contribution is -2.29. The van der Waals surface area contributed by atoms with Gasteiger partial charge in [-0.3, -0.25) is 4.79 Å². The smallest absolute Gasteiger partial charge is 0.270 e. The molecule has 0 radical (unpaired) electrons. The topological polar surface area (TPSA) is 38.3 Å². The minimum atomic E-state index is -2.98. The van der Waals surface area contributed by atoms with Gasteiger partial charge in [0.25, 0.3) is 11.8 Å². The summed E-state index contributed by atoms with van der Waals surface area (Å²) < 4.78 is 32.8. The van der Waals surface area contributed by atoms with Crippen LogP contribution >= 0.6 is 11.8 Å². The first-order chi connectivity index (χ1) is 12.8. The van der Waals surface area contributed by atoms with Crippen molar-refractivity contribution in [1.82, 2.24) is 5.32 Å². The summed E-state index contributed by atoms with van der Waals surface area (Å²) >= 11 is 1.29. The summed E-state index contributed by atoms with van der Waals surface area (Å²) in [4.78, 5) is 13.4. The molecular formula is C21H29F2NO2S. The van der Waals surface area contributed by atoms with Gasteiger partial charge in [0.2, 0.25) is 0 Å². The van der Waals surface area contributed by atoms with Crippen LogP contribution < -0.4 is 10.1 Å². The number of halogens is 2. The van der Waals surface area contributed by atoms with Crippen molar-refractivity contribution in [1.29, 1.82) is 0 Å². The molecule has 1 amide bonds. The largest absolute Gasteiger partial charge is 0.496 e. The van der Waals surface area contributed by atoms with E-state index in [9.17, 15) is 13.6 Å². The number of thioether (sulfide) groups is 1. The van der Waals surface area contributed by atoms with Crippen LogP contribution in [0.1, 0.15) is 67.8 Å². The average Bonchev–Trinajstić information content (AvgIpc) is 3.42. The second kappa shape index (κ2) is 8.38. The average molecular weight is 398 g/mol. The fraction of sp³-hybridized carbons (Fsp3) is 0.667. The number of carbonyl (C=O) groups excluding carboxylic acids is 1. The highest BCUT2D eigenvalue weighted by molar-refractivity contribution is 7.98. The molecule has 1 aromatic rings. The van der Waals surface area contributed by atoms with Crippen molar-refractivity contribution in [2.45, 2.75) is 68.7 Å². The molecule has 3 nitrogen and oxygen atoms in total. The number of ether oxygens (including phenoxy) is 1. The molecule has 2 aliphatic rings. The third kappa shape index (κ3) is 4.76. The van der Waals surface area contributed by atoms with Gasteiger partial charge in [0.15, 0.2) is 0 Å². The number of carbonyl (C=O) groups is 1. The summed E-state index contributed by atoms with van der Waals surface area (Å²) in [5.41, 5.74) is 0.229. The number of alkyl halides is 2. The van der Waals surface area contributed by atoms with Crippen molar-refractivity contribution in [2.75, 3.05) is 13.4 Å². The van der Waals surface area contributed by atoms with Crippen molar-refractivity contribution < 1.29 is 18.3 Å². The molecule has 0 heterocycles. The molecule has 2 unspecified atom stereocenters. The van der Waals surface area contributed by atoms with Gasteiger partial charge in [-0.15, -0.1) is 11.8 Å². The lowest BCUT2D eigenvalue weighted by Gasteiger charge is -2.18. The normalized spacial score (nSPS) is 23.6. The van der Waals surface area contributed by atoms with Gasteiger partial charge in [0.05, 0.1) is 12.7 Å². The Morgan fingerprint density at radius 2 is 1.89 bits per heavy atom. The summed E-state index contributed by atoms with van der Waals surface area (Å²) in [7, 11) is 1.42. The fourth-order valence-electron chi connectivity index (χ4n) is 4.27. The van der Waals surface area contributed by atoms with E-state index in [-0.39, 0.29) is 23.3 Å². The molecule has 3 rings (SSSR count).